The summed E-state index contributed by atoms with van der Waals surface area (Å²) in [7, 11) is -2.96. The largest absolute Gasteiger partial charge is 0.416 e. The third kappa shape index (κ3) is 6.96. The fourth-order valence-corrected chi connectivity index (χ4v) is 5.12. The minimum absolute atomic E-state index is 0.00930. The van der Waals surface area contributed by atoms with Gasteiger partial charge >= 0.3 is 12.4 Å². The van der Waals surface area contributed by atoms with Gasteiger partial charge in [0.15, 0.2) is 6.29 Å². The molecule has 200 valence electrons. The van der Waals surface area contributed by atoms with E-state index >= 15 is 0 Å². The van der Waals surface area contributed by atoms with Gasteiger partial charge in [-0.25, -0.2) is 4.39 Å². The van der Waals surface area contributed by atoms with Gasteiger partial charge in [-0.3, -0.25) is 4.18 Å². The van der Waals surface area contributed by atoms with Crippen molar-refractivity contribution in [1.82, 2.24) is 0 Å². The van der Waals surface area contributed by atoms with E-state index in [2.05, 4.69) is 4.18 Å². The van der Waals surface area contributed by atoms with Crippen molar-refractivity contribution in [2.45, 2.75) is 44.0 Å². The van der Waals surface area contributed by atoms with Crippen LogP contribution in [-0.4, -0.2) is 34.2 Å². The van der Waals surface area contributed by atoms with Crippen molar-refractivity contribution in [3.63, 3.8) is 0 Å². The van der Waals surface area contributed by atoms with E-state index in [1.807, 2.05) is 0 Å². The molecule has 0 radical (unpaired) electrons. The van der Waals surface area contributed by atoms with Crippen LogP contribution in [0, 0.1) is 11.7 Å². The number of hydrogen-bond donors (Lipinski definition) is 0. The van der Waals surface area contributed by atoms with Crippen LogP contribution in [0.1, 0.15) is 47.6 Å². The smallest absolute Gasteiger partial charge is 0.352 e. The van der Waals surface area contributed by atoms with E-state index in [-0.39, 0.29) is 19.1 Å². The summed E-state index contributed by atoms with van der Waals surface area (Å²) < 4.78 is 133. The van der Waals surface area contributed by atoms with E-state index in [9.17, 15) is 39.2 Å². The van der Waals surface area contributed by atoms with Crippen LogP contribution in [0.25, 0.3) is 0 Å². The molecule has 1 fully saturated rings. The lowest BCUT2D eigenvalue weighted by molar-refractivity contribution is -0.207. The van der Waals surface area contributed by atoms with Crippen molar-refractivity contribution < 1.29 is 52.8 Å². The van der Waals surface area contributed by atoms with Crippen LogP contribution in [-0.2, 0) is 36.1 Å². The maximum atomic E-state index is 13.5. The first-order chi connectivity index (χ1) is 16.6. The van der Waals surface area contributed by atoms with Gasteiger partial charge in [0.25, 0.3) is 10.1 Å². The average molecular weight is 544 g/mol. The van der Waals surface area contributed by atoms with Crippen molar-refractivity contribution in [2.24, 2.45) is 5.92 Å². The van der Waals surface area contributed by atoms with Crippen LogP contribution in [0.2, 0.25) is 0 Å². The van der Waals surface area contributed by atoms with Gasteiger partial charge in [-0.15, -0.1) is 0 Å². The Labute approximate surface area is 203 Å². The molecule has 0 saturated carbocycles. The highest BCUT2D eigenvalue weighted by molar-refractivity contribution is 7.86. The topological polar surface area (TPSA) is 61.8 Å². The summed E-state index contributed by atoms with van der Waals surface area (Å²) in [5.74, 6) is -2.51. The highest BCUT2D eigenvalue weighted by Gasteiger charge is 2.41. The highest BCUT2D eigenvalue weighted by Crippen LogP contribution is 2.42. The molecule has 0 aromatic heterocycles. The Balaban J connectivity index is 1.98. The summed E-state index contributed by atoms with van der Waals surface area (Å²) in [6, 6.07) is 6.16. The third-order valence-electron chi connectivity index (χ3n) is 5.92. The molecular formula is C23H23F7O5S. The van der Waals surface area contributed by atoms with Crippen LogP contribution >= 0.6 is 0 Å². The zero-order chi connectivity index (χ0) is 26.9. The van der Waals surface area contributed by atoms with E-state index in [1.165, 1.54) is 19.1 Å². The number of rotatable bonds is 7. The lowest BCUT2D eigenvalue weighted by atomic mass is 9.83. The first-order valence-corrected chi connectivity index (χ1v) is 12.3. The molecule has 0 N–H and O–H groups in total. The Morgan fingerprint density at radius 2 is 1.56 bits per heavy atom. The first-order valence-electron chi connectivity index (χ1n) is 10.7. The van der Waals surface area contributed by atoms with Crippen LogP contribution in [0.4, 0.5) is 30.7 Å². The molecule has 1 aliphatic heterocycles. The molecule has 5 nitrogen and oxygen atoms in total. The summed E-state index contributed by atoms with van der Waals surface area (Å²) in [5, 5.41) is 0. The predicted molar refractivity (Wildman–Crippen MR) is 114 cm³/mol. The Kier molecular flexibility index (Phi) is 8.38. The van der Waals surface area contributed by atoms with Gasteiger partial charge in [0.05, 0.1) is 36.7 Å². The molecule has 2 aromatic rings. The maximum absolute atomic E-state index is 13.5. The van der Waals surface area contributed by atoms with Gasteiger partial charge in [0.2, 0.25) is 0 Å². The number of benzene rings is 2. The molecule has 36 heavy (non-hydrogen) atoms. The molecule has 0 unspecified atom stereocenters. The molecule has 0 spiro atoms. The minimum atomic E-state index is -5.03. The fraction of sp³-hybridized carbons (Fsp3) is 0.478. The SMILES string of the molecule is COS(=O)(=O)C[C@@H]1CCO[C@H](O[C@H](C)c2cc(C(F)(F)F)cc(C(F)(F)F)c2)[C@H]1c1ccc(F)cc1. The second kappa shape index (κ2) is 10.6. The lowest BCUT2D eigenvalue weighted by Crippen LogP contribution is -2.40. The number of halogens is 7. The van der Waals surface area contributed by atoms with Crippen LogP contribution in [0.5, 0.6) is 0 Å². The second-order valence-corrected chi connectivity index (χ2v) is 10.2. The second-order valence-electron chi connectivity index (χ2n) is 8.37. The molecule has 13 heteroatoms. The van der Waals surface area contributed by atoms with Crippen LogP contribution in [0.15, 0.2) is 42.5 Å². The molecule has 0 bridgehead atoms. The van der Waals surface area contributed by atoms with Gasteiger partial charge in [0.1, 0.15) is 5.82 Å². The number of ether oxygens (including phenoxy) is 2. The standard InChI is InChI=1S/C23H23F7O5S/c1-13(16-9-17(22(25,26)27)11-18(10-16)23(28,29)30)35-21-20(14-3-5-19(24)6-4-14)15(7-8-34-21)12-36(31,32)33-2/h3-6,9-11,13,15,20-21H,7-8,12H2,1-2H3/t13-,15+,20+,21-/m1/s1. The Morgan fingerprint density at radius 1 is 1.00 bits per heavy atom. The molecule has 4 atom stereocenters. The number of hydrogen-bond acceptors (Lipinski definition) is 5. The summed E-state index contributed by atoms with van der Waals surface area (Å²) in [5.41, 5.74) is -2.96. The summed E-state index contributed by atoms with van der Waals surface area (Å²) in [6.07, 6.45) is -12.4. The fourth-order valence-electron chi connectivity index (χ4n) is 4.09. The van der Waals surface area contributed by atoms with Crippen molar-refractivity contribution >= 4 is 10.1 Å². The van der Waals surface area contributed by atoms with Crippen LogP contribution < -0.4 is 0 Å². The van der Waals surface area contributed by atoms with Gasteiger partial charge in [-0.05, 0) is 60.7 Å². The lowest BCUT2D eigenvalue weighted by Gasteiger charge is -2.39. The monoisotopic (exact) mass is 544 g/mol. The van der Waals surface area contributed by atoms with E-state index in [0.29, 0.717) is 17.7 Å². The van der Waals surface area contributed by atoms with Crippen molar-refractivity contribution in [2.75, 3.05) is 19.5 Å². The predicted octanol–water partition coefficient (Wildman–Crippen LogP) is 6.06. The Bertz CT molecular complexity index is 1110. The summed E-state index contributed by atoms with van der Waals surface area (Å²) in [6.45, 7) is 1.27. The molecule has 1 aliphatic rings. The van der Waals surface area contributed by atoms with E-state index in [1.54, 1.807) is 0 Å². The third-order valence-corrected chi connectivity index (χ3v) is 7.26. The van der Waals surface area contributed by atoms with E-state index in [0.717, 1.165) is 19.2 Å². The molecule has 1 saturated heterocycles. The van der Waals surface area contributed by atoms with Crippen molar-refractivity contribution in [1.29, 1.82) is 0 Å². The van der Waals surface area contributed by atoms with Crippen molar-refractivity contribution in [3.8, 4) is 0 Å². The zero-order valence-corrected chi connectivity index (χ0v) is 19.9. The van der Waals surface area contributed by atoms with Gasteiger partial charge in [-0.2, -0.15) is 34.8 Å². The molecular weight excluding hydrogens is 521 g/mol. The summed E-state index contributed by atoms with van der Waals surface area (Å²) >= 11 is 0. The normalized spacial score (nSPS) is 22.4. The minimum Gasteiger partial charge on any atom is -0.352 e. The Morgan fingerprint density at radius 3 is 2.06 bits per heavy atom. The number of alkyl halides is 6. The maximum Gasteiger partial charge on any atom is 0.416 e. The molecule has 2 aromatic carbocycles. The molecule has 0 aliphatic carbocycles. The summed E-state index contributed by atoms with van der Waals surface area (Å²) in [4.78, 5) is 0. The van der Waals surface area contributed by atoms with Gasteiger partial charge in [-0.1, -0.05) is 12.1 Å². The van der Waals surface area contributed by atoms with Crippen LogP contribution in [0.3, 0.4) is 0 Å². The van der Waals surface area contributed by atoms with E-state index < -0.39 is 75.0 Å². The molecule has 0 amide bonds. The zero-order valence-electron chi connectivity index (χ0n) is 19.1. The van der Waals surface area contributed by atoms with Gasteiger partial charge in [0, 0.05) is 5.92 Å². The Hall–Kier alpha value is -2.22. The van der Waals surface area contributed by atoms with Crippen molar-refractivity contribution in [3.05, 3.63) is 70.5 Å². The quantitative estimate of drug-likeness (QED) is 0.313. The first kappa shape index (κ1) is 28.4. The van der Waals surface area contributed by atoms with E-state index in [4.69, 9.17) is 9.47 Å². The highest BCUT2D eigenvalue weighted by atomic mass is 32.2. The average Bonchev–Trinajstić information content (AvgIpc) is 2.78. The molecule has 1 heterocycles. The van der Waals surface area contributed by atoms with Gasteiger partial charge < -0.3 is 9.47 Å². The molecule has 3 rings (SSSR count).